The van der Waals surface area contributed by atoms with Gasteiger partial charge in [0, 0.05) is 40.3 Å². The number of hydrogen-bond donors (Lipinski definition) is 1. The molecule has 0 aromatic heterocycles. The molecule has 0 fully saturated rings. The lowest BCUT2D eigenvalue weighted by molar-refractivity contribution is 0.0651. The van der Waals surface area contributed by atoms with Crippen LogP contribution in [-0.2, 0) is 0 Å². The van der Waals surface area contributed by atoms with E-state index in [1.807, 2.05) is 48.5 Å². The number of carbonyl (C=O) groups is 2. The van der Waals surface area contributed by atoms with Crippen LogP contribution in [0, 0.1) is 0 Å². The summed E-state index contributed by atoms with van der Waals surface area (Å²) < 4.78 is 0. The number of benzene rings is 3. The zero-order valence-electron chi connectivity index (χ0n) is 12.5. The van der Waals surface area contributed by atoms with Crippen LogP contribution in [-0.4, -0.2) is 23.8 Å². The Hall–Kier alpha value is -3.14. The second kappa shape index (κ2) is 4.95. The number of para-hydroxylation sites is 1. The topological polar surface area (TPSA) is 49.4 Å². The van der Waals surface area contributed by atoms with Crippen molar-refractivity contribution >= 4 is 34.0 Å². The number of amides is 2. The van der Waals surface area contributed by atoms with Gasteiger partial charge in [-0.15, -0.1) is 0 Å². The summed E-state index contributed by atoms with van der Waals surface area (Å²) in [6, 6.07) is 19.0. The molecule has 0 atom stereocenters. The van der Waals surface area contributed by atoms with Crippen LogP contribution in [0.5, 0.6) is 0 Å². The van der Waals surface area contributed by atoms with E-state index < -0.39 is 0 Å². The second-order valence-electron chi connectivity index (χ2n) is 5.55. The third-order valence-electron chi connectivity index (χ3n) is 4.16. The average molecular weight is 302 g/mol. The molecule has 0 unspecified atom stereocenters. The first kappa shape index (κ1) is 13.5. The van der Waals surface area contributed by atoms with Gasteiger partial charge in [-0.1, -0.05) is 30.3 Å². The van der Waals surface area contributed by atoms with E-state index in [0.29, 0.717) is 11.1 Å². The fourth-order valence-electron chi connectivity index (χ4n) is 3.00. The van der Waals surface area contributed by atoms with Crippen molar-refractivity contribution in [3.63, 3.8) is 0 Å². The van der Waals surface area contributed by atoms with Crippen molar-refractivity contribution in [1.82, 2.24) is 4.90 Å². The summed E-state index contributed by atoms with van der Waals surface area (Å²) >= 11 is 0. The van der Waals surface area contributed by atoms with E-state index >= 15 is 0 Å². The van der Waals surface area contributed by atoms with Crippen molar-refractivity contribution in [2.45, 2.75) is 0 Å². The first-order valence-electron chi connectivity index (χ1n) is 7.37. The number of imide groups is 1. The molecule has 0 saturated heterocycles. The zero-order chi connectivity index (χ0) is 16.0. The van der Waals surface area contributed by atoms with E-state index in [1.165, 1.54) is 11.9 Å². The fourth-order valence-corrected chi connectivity index (χ4v) is 3.00. The zero-order valence-corrected chi connectivity index (χ0v) is 12.5. The maximum atomic E-state index is 12.4. The Bertz CT molecular complexity index is 926. The summed E-state index contributed by atoms with van der Waals surface area (Å²) in [4.78, 5) is 25.9. The molecule has 3 aromatic carbocycles. The summed E-state index contributed by atoms with van der Waals surface area (Å²) in [5.41, 5.74) is 2.97. The Morgan fingerprint density at radius 3 is 2.22 bits per heavy atom. The summed E-state index contributed by atoms with van der Waals surface area (Å²) in [6.45, 7) is 0. The van der Waals surface area contributed by atoms with Gasteiger partial charge in [-0.3, -0.25) is 14.5 Å². The summed E-state index contributed by atoms with van der Waals surface area (Å²) in [6.07, 6.45) is 0. The Labute approximate surface area is 133 Å². The van der Waals surface area contributed by atoms with E-state index in [4.69, 9.17) is 0 Å². The minimum absolute atomic E-state index is 0.259. The van der Waals surface area contributed by atoms with Gasteiger partial charge in [0.2, 0.25) is 0 Å². The smallest absolute Gasteiger partial charge is 0.261 e. The van der Waals surface area contributed by atoms with Gasteiger partial charge in [0.1, 0.15) is 0 Å². The maximum absolute atomic E-state index is 12.4. The summed E-state index contributed by atoms with van der Waals surface area (Å²) in [7, 11) is 1.52. The molecule has 0 bridgehead atoms. The third-order valence-corrected chi connectivity index (χ3v) is 4.16. The quantitative estimate of drug-likeness (QED) is 0.732. The van der Waals surface area contributed by atoms with Crippen molar-refractivity contribution in [2.75, 3.05) is 12.4 Å². The third kappa shape index (κ3) is 1.99. The predicted molar refractivity (Wildman–Crippen MR) is 90.1 cm³/mol. The molecule has 23 heavy (non-hydrogen) atoms. The predicted octanol–water partition coefficient (Wildman–Crippen LogP) is 3.81. The van der Waals surface area contributed by atoms with Crippen LogP contribution in [0.2, 0.25) is 0 Å². The van der Waals surface area contributed by atoms with E-state index in [2.05, 4.69) is 5.32 Å². The summed E-state index contributed by atoms with van der Waals surface area (Å²) in [5.74, 6) is -0.519. The SMILES string of the molecule is CN1C(=O)c2cccc3c(Nc4ccccc4)ccc(c23)C1=O. The van der Waals surface area contributed by atoms with Gasteiger partial charge in [0.05, 0.1) is 0 Å². The van der Waals surface area contributed by atoms with Crippen molar-refractivity contribution in [2.24, 2.45) is 0 Å². The first-order chi connectivity index (χ1) is 11.2. The van der Waals surface area contributed by atoms with Gasteiger partial charge >= 0.3 is 0 Å². The van der Waals surface area contributed by atoms with Crippen LogP contribution in [0.1, 0.15) is 20.7 Å². The molecule has 1 aliphatic rings. The largest absolute Gasteiger partial charge is 0.355 e. The van der Waals surface area contributed by atoms with Gasteiger partial charge in [-0.25, -0.2) is 0 Å². The Morgan fingerprint density at radius 1 is 0.783 bits per heavy atom. The number of rotatable bonds is 2. The lowest BCUT2D eigenvalue weighted by Gasteiger charge is -2.24. The molecule has 1 heterocycles. The highest BCUT2D eigenvalue weighted by molar-refractivity contribution is 6.26. The van der Waals surface area contributed by atoms with Gasteiger partial charge in [0.15, 0.2) is 0 Å². The van der Waals surface area contributed by atoms with Crippen LogP contribution in [0.25, 0.3) is 10.8 Å². The van der Waals surface area contributed by atoms with Gasteiger partial charge in [-0.2, -0.15) is 0 Å². The lowest BCUT2D eigenvalue weighted by Crippen LogP contribution is -2.36. The van der Waals surface area contributed by atoms with Crippen molar-refractivity contribution in [1.29, 1.82) is 0 Å². The summed E-state index contributed by atoms with van der Waals surface area (Å²) in [5, 5.41) is 4.95. The van der Waals surface area contributed by atoms with Crippen LogP contribution >= 0.6 is 0 Å². The number of nitrogens with one attached hydrogen (secondary N) is 1. The molecule has 0 radical (unpaired) electrons. The number of carbonyl (C=O) groups excluding carboxylic acids is 2. The Morgan fingerprint density at radius 2 is 1.48 bits per heavy atom. The molecule has 3 aromatic rings. The van der Waals surface area contributed by atoms with Crippen molar-refractivity contribution < 1.29 is 9.59 Å². The Kier molecular flexibility index (Phi) is 2.91. The van der Waals surface area contributed by atoms with Gasteiger partial charge in [-0.05, 0) is 30.3 Å². The average Bonchev–Trinajstić information content (AvgIpc) is 2.59. The standard InChI is InChI=1S/C19H14N2O2/c1-21-18(22)14-9-5-8-13-16(20-12-6-3-2-4-7-12)11-10-15(17(13)14)19(21)23/h2-11,20H,1H3. The highest BCUT2D eigenvalue weighted by atomic mass is 16.2. The second-order valence-corrected chi connectivity index (χ2v) is 5.55. The minimum Gasteiger partial charge on any atom is -0.355 e. The minimum atomic E-state index is -0.259. The van der Waals surface area contributed by atoms with E-state index in [9.17, 15) is 9.59 Å². The Balaban J connectivity index is 1.95. The van der Waals surface area contributed by atoms with Crippen LogP contribution in [0.15, 0.2) is 60.7 Å². The number of hydrogen-bond acceptors (Lipinski definition) is 3. The molecule has 1 N–H and O–H groups in total. The van der Waals surface area contributed by atoms with E-state index in [0.717, 1.165) is 22.1 Å². The monoisotopic (exact) mass is 302 g/mol. The van der Waals surface area contributed by atoms with Crippen molar-refractivity contribution in [3.05, 3.63) is 71.8 Å². The molecular formula is C19H14N2O2. The first-order valence-corrected chi connectivity index (χ1v) is 7.37. The lowest BCUT2D eigenvalue weighted by atomic mass is 9.93. The van der Waals surface area contributed by atoms with Gasteiger partial charge in [0.25, 0.3) is 11.8 Å². The highest BCUT2D eigenvalue weighted by Crippen LogP contribution is 2.35. The molecule has 0 aliphatic carbocycles. The van der Waals surface area contributed by atoms with Crippen LogP contribution < -0.4 is 5.32 Å². The normalized spacial score (nSPS) is 13.5. The molecule has 112 valence electrons. The molecule has 1 aliphatic heterocycles. The number of anilines is 2. The maximum Gasteiger partial charge on any atom is 0.261 e. The van der Waals surface area contributed by atoms with Crippen LogP contribution in [0.4, 0.5) is 11.4 Å². The van der Waals surface area contributed by atoms with Crippen LogP contribution in [0.3, 0.4) is 0 Å². The number of nitrogens with zero attached hydrogens (tertiary/aromatic N) is 1. The molecule has 0 saturated carbocycles. The molecule has 4 heteroatoms. The fraction of sp³-hybridized carbons (Fsp3) is 0.0526. The van der Waals surface area contributed by atoms with E-state index in [1.54, 1.807) is 12.1 Å². The molecule has 0 spiro atoms. The molecule has 2 amide bonds. The highest BCUT2D eigenvalue weighted by Gasteiger charge is 2.30. The van der Waals surface area contributed by atoms with E-state index in [-0.39, 0.29) is 11.8 Å². The van der Waals surface area contributed by atoms with Gasteiger partial charge < -0.3 is 5.32 Å². The molecule has 4 rings (SSSR count). The van der Waals surface area contributed by atoms with Crippen molar-refractivity contribution in [3.8, 4) is 0 Å². The molecular weight excluding hydrogens is 288 g/mol. The molecule has 4 nitrogen and oxygen atoms in total.